The molecule has 26 heavy (non-hydrogen) atoms. The van der Waals surface area contributed by atoms with Crippen molar-refractivity contribution in [2.45, 2.75) is 57.6 Å². The molecule has 1 saturated carbocycles. The van der Waals surface area contributed by atoms with Crippen LogP contribution in [0.3, 0.4) is 0 Å². The Bertz CT molecular complexity index is 580. The fourth-order valence-corrected chi connectivity index (χ4v) is 4.08. The van der Waals surface area contributed by atoms with E-state index in [0.717, 1.165) is 51.6 Å². The summed E-state index contributed by atoms with van der Waals surface area (Å²) in [6.45, 7) is 4.76. The second-order valence-corrected chi connectivity index (χ2v) is 7.67. The van der Waals surface area contributed by atoms with Gasteiger partial charge in [-0.3, -0.25) is 4.79 Å². The average molecular weight is 360 g/mol. The number of rotatable bonds is 8. The zero-order valence-electron chi connectivity index (χ0n) is 15.7. The highest BCUT2D eigenvalue weighted by Crippen LogP contribution is 2.36. The summed E-state index contributed by atoms with van der Waals surface area (Å²) < 4.78 is 5.83. The van der Waals surface area contributed by atoms with Gasteiger partial charge in [0.2, 0.25) is 0 Å². The van der Waals surface area contributed by atoms with Crippen molar-refractivity contribution in [3.8, 4) is 5.75 Å². The second kappa shape index (κ2) is 9.38. The minimum Gasteiger partial charge on any atom is -0.493 e. The molecule has 1 amide bonds. The average Bonchev–Trinajstić information content (AvgIpc) is 2.65. The predicted octanol–water partition coefficient (Wildman–Crippen LogP) is 2.73. The summed E-state index contributed by atoms with van der Waals surface area (Å²) in [4.78, 5) is 13.0. The van der Waals surface area contributed by atoms with E-state index in [1.807, 2.05) is 24.3 Å². The van der Waals surface area contributed by atoms with E-state index in [4.69, 9.17) is 4.74 Å². The van der Waals surface area contributed by atoms with Crippen LogP contribution in [0.5, 0.6) is 5.75 Å². The number of carbonyl (C=O) groups is 1. The Balaban J connectivity index is 1.69. The van der Waals surface area contributed by atoms with E-state index < -0.39 is 0 Å². The van der Waals surface area contributed by atoms with Crippen LogP contribution in [0, 0.1) is 11.8 Å². The summed E-state index contributed by atoms with van der Waals surface area (Å²) in [6.07, 6.45) is 5.58. The Morgan fingerprint density at radius 1 is 1.27 bits per heavy atom. The zero-order chi connectivity index (χ0) is 18.4. The molecule has 1 aliphatic heterocycles. The lowest BCUT2D eigenvalue weighted by molar-refractivity contribution is 0.00915. The molecule has 1 atom stereocenters. The number of piperidine rings is 1. The molecule has 1 saturated heterocycles. The van der Waals surface area contributed by atoms with Crippen molar-refractivity contribution < 1.29 is 14.6 Å². The Morgan fingerprint density at radius 3 is 2.69 bits per heavy atom. The van der Waals surface area contributed by atoms with Crippen molar-refractivity contribution in [1.82, 2.24) is 10.6 Å². The van der Waals surface area contributed by atoms with Crippen LogP contribution >= 0.6 is 0 Å². The predicted molar refractivity (Wildman–Crippen MR) is 102 cm³/mol. The van der Waals surface area contributed by atoms with Crippen LogP contribution in [0.25, 0.3) is 0 Å². The normalized spacial score (nSPS) is 24.5. The lowest BCUT2D eigenvalue weighted by Crippen LogP contribution is -2.52. The van der Waals surface area contributed by atoms with Gasteiger partial charge >= 0.3 is 0 Å². The third-order valence-electron chi connectivity index (χ3n) is 5.73. The SMILES string of the molecule is CCCCOc1ccccc1C(=O)N[C@H](C1CCNCC1)C1CC(O)C1. The summed E-state index contributed by atoms with van der Waals surface area (Å²) in [5.41, 5.74) is 0.613. The maximum Gasteiger partial charge on any atom is 0.255 e. The number of aliphatic hydroxyl groups excluding tert-OH is 1. The minimum atomic E-state index is -0.203. The molecule has 1 aromatic rings. The van der Waals surface area contributed by atoms with E-state index in [0.29, 0.717) is 29.8 Å². The van der Waals surface area contributed by atoms with Crippen molar-refractivity contribution in [3.63, 3.8) is 0 Å². The third-order valence-corrected chi connectivity index (χ3v) is 5.73. The van der Waals surface area contributed by atoms with Crippen LogP contribution in [0.2, 0.25) is 0 Å². The maximum atomic E-state index is 13.0. The van der Waals surface area contributed by atoms with Crippen LogP contribution in [0.15, 0.2) is 24.3 Å². The Kier molecular flexibility index (Phi) is 6.92. The standard InChI is InChI=1S/C21H32N2O3/c1-2-3-12-26-19-7-5-4-6-18(19)21(25)23-20(16-13-17(24)14-16)15-8-10-22-11-9-15/h4-7,15-17,20,22,24H,2-3,8-14H2,1H3,(H,23,25)/t16?,17?,20-/m1/s1. The molecule has 2 aliphatic rings. The number of benzene rings is 1. The first-order valence-electron chi connectivity index (χ1n) is 10.1. The first-order chi connectivity index (χ1) is 12.7. The van der Waals surface area contributed by atoms with Crippen molar-refractivity contribution in [1.29, 1.82) is 0 Å². The van der Waals surface area contributed by atoms with Crippen molar-refractivity contribution in [3.05, 3.63) is 29.8 Å². The van der Waals surface area contributed by atoms with E-state index in [1.165, 1.54) is 0 Å². The zero-order valence-corrected chi connectivity index (χ0v) is 15.7. The quantitative estimate of drug-likeness (QED) is 0.624. The van der Waals surface area contributed by atoms with Gasteiger partial charge in [0.05, 0.1) is 18.3 Å². The summed E-state index contributed by atoms with van der Waals surface area (Å²) >= 11 is 0. The lowest BCUT2D eigenvalue weighted by Gasteiger charge is -2.43. The van der Waals surface area contributed by atoms with E-state index in [2.05, 4.69) is 17.6 Å². The van der Waals surface area contributed by atoms with Gasteiger partial charge in [0.15, 0.2) is 0 Å². The Hall–Kier alpha value is -1.59. The molecular formula is C21H32N2O3. The highest BCUT2D eigenvalue weighted by molar-refractivity contribution is 5.97. The van der Waals surface area contributed by atoms with Gasteiger partial charge in [-0.1, -0.05) is 25.5 Å². The van der Waals surface area contributed by atoms with Crippen LogP contribution in [-0.2, 0) is 0 Å². The van der Waals surface area contributed by atoms with E-state index in [-0.39, 0.29) is 18.1 Å². The fourth-order valence-electron chi connectivity index (χ4n) is 4.08. The largest absolute Gasteiger partial charge is 0.493 e. The molecule has 0 radical (unpaired) electrons. The Morgan fingerprint density at radius 2 is 2.00 bits per heavy atom. The highest BCUT2D eigenvalue weighted by Gasteiger charge is 2.39. The van der Waals surface area contributed by atoms with Crippen LogP contribution in [0.4, 0.5) is 0 Å². The molecule has 1 aromatic carbocycles. The molecule has 0 aromatic heterocycles. The summed E-state index contributed by atoms with van der Waals surface area (Å²) in [6, 6.07) is 7.64. The number of ether oxygens (including phenoxy) is 1. The fraction of sp³-hybridized carbons (Fsp3) is 0.667. The van der Waals surface area contributed by atoms with E-state index >= 15 is 0 Å². The van der Waals surface area contributed by atoms with Gasteiger partial charge in [0.1, 0.15) is 5.75 Å². The summed E-state index contributed by atoms with van der Waals surface area (Å²) in [7, 11) is 0. The molecular weight excluding hydrogens is 328 g/mol. The van der Waals surface area contributed by atoms with Crippen molar-refractivity contribution in [2.24, 2.45) is 11.8 Å². The molecule has 0 bridgehead atoms. The van der Waals surface area contributed by atoms with E-state index in [9.17, 15) is 9.90 Å². The minimum absolute atomic E-state index is 0.0537. The number of carbonyl (C=O) groups excluding carboxylic acids is 1. The molecule has 1 aliphatic carbocycles. The van der Waals surface area contributed by atoms with Gasteiger partial charge in [-0.05, 0) is 69.2 Å². The number of aliphatic hydroxyl groups is 1. The molecule has 144 valence electrons. The molecule has 2 fully saturated rings. The first-order valence-corrected chi connectivity index (χ1v) is 10.1. The number of nitrogens with one attached hydrogen (secondary N) is 2. The molecule has 3 N–H and O–H groups in total. The number of para-hydroxylation sites is 1. The van der Waals surface area contributed by atoms with E-state index in [1.54, 1.807) is 0 Å². The van der Waals surface area contributed by atoms with Crippen molar-refractivity contribution >= 4 is 5.91 Å². The van der Waals surface area contributed by atoms with Gasteiger partial charge < -0.3 is 20.5 Å². The topological polar surface area (TPSA) is 70.6 Å². The van der Waals surface area contributed by atoms with Gasteiger partial charge in [-0.25, -0.2) is 0 Å². The highest BCUT2D eigenvalue weighted by atomic mass is 16.5. The maximum absolute atomic E-state index is 13.0. The summed E-state index contributed by atoms with van der Waals surface area (Å²) in [5, 5.41) is 16.4. The molecule has 1 heterocycles. The first kappa shape index (κ1) is 19.2. The van der Waals surface area contributed by atoms with Gasteiger partial charge in [-0.2, -0.15) is 0 Å². The van der Waals surface area contributed by atoms with Gasteiger partial charge in [-0.15, -0.1) is 0 Å². The molecule has 0 spiro atoms. The summed E-state index contributed by atoms with van der Waals surface area (Å²) in [5.74, 6) is 1.47. The number of hydrogen-bond donors (Lipinski definition) is 3. The van der Waals surface area contributed by atoms with Gasteiger partial charge in [0, 0.05) is 6.04 Å². The number of amides is 1. The van der Waals surface area contributed by atoms with Gasteiger partial charge in [0.25, 0.3) is 5.91 Å². The smallest absolute Gasteiger partial charge is 0.255 e. The number of hydrogen-bond acceptors (Lipinski definition) is 4. The number of unbranched alkanes of at least 4 members (excludes halogenated alkanes) is 1. The monoisotopic (exact) mass is 360 g/mol. The molecule has 5 nitrogen and oxygen atoms in total. The molecule has 3 rings (SSSR count). The molecule has 0 unspecified atom stereocenters. The lowest BCUT2D eigenvalue weighted by atomic mass is 9.71. The van der Waals surface area contributed by atoms with Crippen LogP contribution in [0.1, 0.15) is 55.8 Å². The Labute approximate surface area is 156 Å². The second-order valence-electron chi connectivity index (χ2n) is 7.67. The van der Waals surface area contributed by atoms with Crippen LogP contribution in [-0.4, -0.2) is 42.9 Å². The third kappa shape index (κ3) is 4.77. The van der Waals surface area contributed by atoms with Crippen LogP contribution < -0.4 is 15.4 Å². The van der Waals surface area contributed by atoms with Crippen molar-refractivity contribution in [2.75, 3.05) is 19.7 Å². The molecule has 5 heteroatoms.